The first kappa shape index (κ1) is 12.9. The van der Waals surface area contributed by atoms with Crippen molar-refractivity contribution >= 4 is 0 Å². The molecule has 0 radical (unpaired) electrons. The van der Waals surface area contributed by atoms with Crippen LogP contribution in [0.3, 0.4) is 0 Å². The molecule has 80 valence electrons. The monoisotopic (exact) mass is 188 g/mol. The van der Waals surface area contributed by atoms with Gasteiger partial charge >= 0.3 is 0 Å². The summed E-state index contributed by atoms with van der Waals surface area (Å²) in [4.78, 5) is 0. The van der Waals surface area contributed by atoms with Gasteiger partial charge in [-0.15, -0.1) is 0 Å². The average Bonchev–Trinajstić information content (AvgIpc) is 2.15. The summed E-state index contributed by atoms with van der Waals surface area (Å²) in [6.07, 6.45) is 4.52. The van der Waals surface area contributed by atoms with E-state index in [0.717, 1.165) is 25.7 Å². The molecule has 0 saturated heterocycles. The number of aliphatic hydroxyl groups is 2. The third-order valence-electron chi connectivity index (χ3n) is 2.81. The molecule has 0 bridgehead atoms. The van der Waals surface area contributed by atoms with Crippen molar-refractivity contribution in [2.75, 3.05) is 6.61 Å². The highest BCUT2D eigenvalue weighted by molar-refractivity contribution is 4.77. The van der Waals surface area contributed by atoms with Crippen LogP contribution >= 0.6 is 0 Å². The second kappa shape index (κ2) is 6.39. The normalized spacial score (nSPS) is 18.2. The molecule has 0 aliphatic rings. The zero-order valence-electron chi connectivity index (χ0n) is 9.21. The van der Waals surface area contributed by atoms with Crippen LogP contribution in [-0.2, 0) is 0 Å². The fourth-order valence-electron chi connectivity index (χ4n) is 1.47. The highest BCUT2D eigenvalue weighted by atomic mass is 16.3. The van der Waals surface area contributed by atoms with Crippen molar-refractivity contribution in [2.45, 2.75) is 58.5 Å². The van der Waals surface area contributed by atoms with Crippen molar-refractivity contribution in [3.8, 4) is 0 Å². The van der Waals surface area contributed by atoms with Gasteiger partial charge in [0.25, 0.3) is 0 Å². The van der Waals surface area contributed by atoms with Crippen LogP contribution in [-0.4, -0.2) is 22.4 Å². The van der Waals surface area contributed by atoms with E-state index in [9.17, 15) is 5.11 Å². The van der Waals surface area contributed by atoms with Crippen molar-refractivity contribution in [3.63, 3.8) is 0 Å². The summed E-state index contributed by atoms with van der Waals surface area (Å²) < 4.78 is 0. The van der Waals surface area contributed by atoms with Gasteiger partial charge in [-0.05, 0) is 25.2 Å². The maximum Gasteiger partial charge on any atom is 0.0877 e. The van der Waals surface area contributed by atoms with Crippen LogP contribution < -0.4 is 0 Å². The largest absolute Gasteiger partial charge is 0.393 e. The molecule has 0 aromatic rings. The Labute approximate surface area is 82.0 Å². The second-order valence-electron chi connectivity index (χ2n) is 4.18. The first-order valence-electron chi connectivity index (χ1n) is 5.41. The zero-order valence-corrected chi connectivity index (χ0v) is 9.21. The Kier molecular flexibility index (Phi) is 6.35. The molecule has 0 aliphatic heterocycles. The van der Waals surface area contributed by atoms with Crippen LogP contribution in [0.25, 0.3) is 0 Å². The molecule has 0 aliphatic carbocycles. The Hall–Kier alpha value is -0.0800. The lowest BCUT2D eigenvalue weighted by Gasteiger charge is -2.26. The molecule has 0 aromatic carbocycles. The maximum atomic E-state index is 9.91. The van der Waals surface area contributed by atoms with Gasteiger partial charge in [-0.2, -0.15) is 0 Å². The Morgan fingerprint density at radius 3 is 2.23 bits per heavy atom. The fraction of sp³-hybridized carbons (Fsp3) is 1.00. The molecule has 2 heteroatoms. The Balaban J connectivity index is 3.82. The van der Waals surface area contributed by atoms with Crippen LogP contribution in [0.4, 0.5) is 0 Å². The number of rotatable bonds is 7. The van der Waals surface area contributed by atoms with Crippen LogP contribution in [0.5, 0.6) is 0 Å². The average molecular weight is 188 g/mol. The van der Waals surface area contributed by atoms with Gasteiger partial charge in [0.1, 0.15) is 0 Å². The van der Waals surface area contributed by atoms with Gasteiger partial charge in [-0.25, -0.2) is 0 Å². The van der Waals surface area contributed by atoms with Crippen LogP contribution in [0.2, 0.25) is 0 Å². The summed E-state index contributed by atoms with van der Waals surface area (Å²) in [5.41, 5.74) is -0.821. The second-order valence-corrected chi connectivity index (χ2v) is 4.18. The molecule has 0 fully saturated rings. The number of hydrogen-bond donors (Lipinski definition) is 2. The summed E-state index contributed by atoms with van der Waals surface area (Å²) in [5, 5.41) is 19.0. The SMILES string of the molecule is CCCC(O)(CO)CCC(C)CC. The lowest BCUT2D eigenvalue weighted by molar-refractivity contribution is -0.0323. The minimum absolute atomic E-state index is 0.0999. The smallest absolute Gasteiger partial charge is 0.0877 e. The van der Waals surface area contributed by atoms with Gasteiger partial charge < -0.3 is 10.2 Å². The van der Waals surface area contributed by atoms with E-state index in [2.05, 4.69) is 13.8 Å². The summed E-state index contributed by atoms with van der Waals surface area (Å²) in [6.45, 7) is 6.27. The van der Waals surface area contributed by atoms with Gasteiger partial charge in [0.2, 0.25) is 0 Å². The molecule has 0 rings (SSSR count). The zero-order chi connectivity index (χ0) is 10.3. The first-order valence-corrected chi connectivity index (χ1v) is 5.41. The van der Waals surface area contributed by atoms with Gasteiger partial charge in [0.15, 0.2) is 0 Å². The highest BCUT2D eigenvalue weighted by Crippen LogP contribution is 2.22. The third kappa shape index (κ3) is 5.27. The van der Waals surface area contributed by atoms with E-state index in [1.54, 1.807) is 0 Å². The Morgan fingerprint density at radius 1 is 1.23 bits per heavy atom. The maximum absolute atomic E-state index is 9.91. The van der Waals surface area contributed by atoms with E-state index in [1.807, 2.05) is 6.92 Å². The van der Waals surface area contributed by atoms with E-state index in [-0.39, 0.29) is 6.61 Å². The van der Waals surface area contributed by atoms with Gasteiger partial charge in [0.05, 0.1) is 12.2 Å². The molecule has 0 amide bonds. The fourth-order valence-corrected chi connectivity index (χ4v) is 1.47. The summed E-state index contributed by atoms with van der Waals surface area (Å²) in [7, 11) is 0. The van der Waals surface area contributed by atoms with Crippen molar-refractivity contribution in [1.82, 2.24) is 0 Å². The molecule has 2 unspecified atom stereocenters. The predicted octanol–water partition coefficient (Wildman–Crippen LogP) is 2.34. The summed E-state index contributed by atoms with van der Waals surface area (Å²) in [6, 6.07) is 0. The molecule has 0 heterocycles. The molecule has 2 nitrogen and oxygen atoms in total. The molecular weight excluding hydrogens is 164 g/mol. The quantitative estimate of drug-likeness (QED) is 0.644. The van der Waals surface area contributed by atoms with Gasteiger partial charge in [-0.3, -0.25) is 0 Å². The molecule has 2 atom stereocenters. The van der Waals surface area contributed by atoms with Crippen molar-refractivity contribution < 1.29 is 10.2 Å². The molecular formula is C11H24O2. The molecule has 2 N–H and O–H groups in total. The Bertz CT molecular complexity index is 125. The van der Waals surface area contributed by atoms with Gasteiger partial charge in [0, 0.05) is 0 Å². The highest BCUT2D eigenvalue weighted by Gasteiger charge is 2.24. The Morgan fingerprint density at radius 2 is 1.85 bits per heavy atom. The number of aliphatic hydroxyl groups excluding tert-OH is 1. The lowest BCUT2D eigenvalue weighted by Crippen LogP contribution is -2.33. The van der Waals surface area contributed by atoms with E-state index < -0.39 is 5.60 Å². The minimum Gasteiger partial charge on any atom is -0.393 e. The van der Waals surface area contributed by atoms with Crippen LogP contribution in [0.1, 0.15) is 52.9 Å². The van der Waals surface area contributed by atoms with Crippen molar-refractivity contribution in [2.24, 2.45) is 5.92 Å². The van der Waals surface area contributed by atoms with Gasteiger partial charge in [-0.1, -0.05) is 33.6 Å². The topological polar surface area (TPSA) is 40.5 Å². The van der Waals surface area contributed by atoms with Crippen molar-refractivity contribution in [1.29, 1.82) is 0 Å². The van der Waals surface area contributed by atoms with Crippen molar-refractivity contribution in [3.05, 3.63) is 0 Å². The van der Waals surface area contributed by atoms with Crippen LogP contribution in [0.15, 0.2) is 0 Å². The molecule has 0 spiro atoms. The van der Waals surface area contributed by atoms with E-state index in [0.29, 0.717) is 12.3 Å². The standard InChI is InChI=1S/C11H24O2/c1-4-7-11(13,9-12)8-6-10(3)5-2/h10,12-13H,4-9H2,1-3H3. The molecule has 13 heavy (non-hydrogen) atoms. The van der Waals surface area contributed by atoms with Crippen LogP contribution in [0, 0.1) is 5.92 Å². The molecule has 0 saturated carbocycles. The van der Waals surface area contributed by atoms with E-state index in [1.165, 1.54) is 0 Å². The minimum atomic E-state index is -0.821. The lowest BCUT2D eigenvalue weighted by atomic mass is 9.89. The number of hydrogen-bond acceptors (Lipinski definition) is 2. The third-order valence-corrected chi connectivity index (χ3v) is 2.81. The van der Waals surface area contributed by atoms with E-state index in [4.69, 9.17) is 5.11 Å². The molecule has 0 aromatic heterocycles. The first-order chi connectivity index (χ1) is 6.08. The predicted molar refractivity (Wildman–Crippen MR) is 55.6 cm³/mol. The van der Waals surface area contributed by atoms with E-state index >= 15 is 0 Å². The summed E-state index contributed by atoms with van der Waals surface area (Å²) >= 11 is 0. The summed E-state index contributed by atoms with van der Waals surface area (Å²) in [5.74, 6) is 0.648.